The maximum atomic E-state index is 13.2. The second kappa shape index (κ2) is 5.25. The van der Waals surface area contributed by atoms with E-state index in [2.05, 4.69) is 12.1 Å². The largest absolute Gasteiger partial charge is 0.493 e. The van der Waals surface area contributed by atoms with Gasteiger partial charge in [0.1, 0.15) is 11.6 Å². The van der Waals surface area contributed by atoms with Crippen molar-refractivity contribution < 1.29 is 14.2 Å². The van der Waals surface area contributed by atoms with Crippen LogP contribution in [0.2, 0.25) is 0 Å². The van der Waals surface area contributed by atoms with Crippen LogP contribution in [0.3, 0.4) is 0 Å². The molecule has 0 aliphatic heterocycles. The molecule has 1 N–H and O–H groups in total. The van der Waals surface area contributed by atoms with Gasteiger partial charge >= 0.3 is 0 Å². The maximum absolute atomic E-state index is 13.2. The number of fused-ring (bicyclic) bond motifs is 1. The van der Waals surface area contributed by atoms with Crippen LogP contribution >= 0.6 is 0 Å². The van der Waals surface area contributed by atoms with E-state index in [9.17, 15) is 9.50 Å². The van der Waals surface area contributed by atoms with Gasteiger partial charge in [-0.25, -0.2) is 4.39 Å². The third kappa shape index (κ3) is 2.41. The fraction of sp³-hybridized carbons (Fsp3) is 0.294. The Bertz CT molecular complexity index is 622. The summed E-state index contributed by atoms with van der Waals surface area (Å²) in [5.74, 6) is 0.589. The highest BCUT2D eigenvalue weighted by Gasteiger charge is 2.26. The van der Waals surface area contributed by atoms with Crippen molar-refractivity contribution in [3.63, 3.8) is 0 Å². The molecule has 1 aliphatic rings. The summed E-state index contributed by atoms with van der Waals surface area (Å²) in [5, 5.41) is 9.68. The Morgan fingerprint density at radius 2 is 2.10 bits per heavy atom. The van der Waals surface area contributed by atoms with Crippen molar-refractivity contribution in [1.29, 1.82) is 0 Å². The zero-order chi connectivity index (χ0) is 14.1. The molecule has 0 fully saturated rings. The summed E-state index contributed by atoms with van der Waals surface area (Å²) in [5.41, 5.74) is 3.20. The fourth-order valence-corrected chi connectivity index (χ4v) is 2.68. The minimum absolute atomic E-state index is 0.359. The smallest absolute Gasteiger partial charge is 0.125 e. The standard InChI is InChI=1S/C17H17FO2/c1-11(19)16-9-14(18)6-7-17(16)20-10-13-8-12-4-2-3-5-15(12)13/h2-7,9,11,13,19H,8,10H2,1H3/t11-,13?/m0/s1. The first kappa shape index (κ1) is 13.1. The van der Waals surface area contributed by atoms with Gasteiger partial charge in [0.15, 0.2) is 0 Å². The van der Waals surface area contributed by atoms with Gasteiger partial charge in [-0.05, 0) is 42.7 Å². The molecule has 0 heterocycles. The Morgan fingerprint density at radius 3 is 2.85 bits per heavy atom. The predicted octanol–water partition coefficient (Wildman–Crippen LogP) is 3.60. The molecular weight excluding hydrogens is 255 g/mol. The molecule has 0 aromatic heterocycles. The molecule has 0 spiro atoms. The second-order valence-corrected chi connectivity index (χ2v) is 5.27. The van der Waals surface area contributed by atoms with Gasteiger partial charge in [-0.1, -0.05) is 24.3 Å². The van der Waals surface area contributed by atoms with Crippen LogP contribution in [0.4, 0.5) is 4.39 Å². The van der Waals surface area contributed by atoms with Gasteiger partial charge in [-0.15, -0.1) is 0 Å². The SMILES string of the molecule is C[C@H](O)c1cc(F)ccc1OCC1Cc2ccccc21. The van der Waals surface area contributed by atoms with Gasteiger partial charge in [-0.2, -0.15) is 0 Å². The third-order valence-electron chi connectivity index (χ3n) is 3.82. The monoisotopic (exact) mass is 272 g/mol. The molecule has 3 rings (SSSR count). The summed E-state index contributed by atoms with van der Waals surface area (Å²) in [6, 6.07) is 12.6. The highest BCUT2D eigenvalue weighted by atomic mass is 19.1. The Morgan fingerprint density at radius 1 is 1.30 bits per heavy atom. The molecule has 2 nitrogen and oxygen atoms in total. The van der Waals surface area contributed by atoms with Gasteiger partial charge in [0.05, 0.1) is 12.7 Å². The number of hydrogen-bond donors (Lipinski definition) is 1. The molecule has 0 saturated carbocycles. The molecule has 0 amide bonds. The van der Waals surface area contributed by atoms with Crippen molar-refractivity contribution in [1.82, 2.24) is 0 Å². The molecule has 104 valence electrons. The summed E-state index contributed by atoms with van der Waals surface area (Å²) < 4.78 is 19.0. The second-order valence-electron chi connectivity index (χ2n) is 5.27. The summed E-state index contributed by atoms with van der Waals surface area (Å²) in [7, 11) is 0. The van der Waals surface area contributed by atoms with E-state index in [1.807, 2.05) is 12.1 Å². The first-order valence-electron chi connectivity index (χ1n) is 6.83. The number of hydrogen-bond acceptors (Lipinski definition) is 2. The summed E-state index contributed by atoms with van der Waals surface area (Å²) in [4.78, 5) is 0. The molecule has 3 heteroatoms. The molecule has 2 atom stereocenters. The molecule has 0 radical (unpaired) electrons. The predicted molar refractivity (Wildman–Crippen MR) is 75.4 cm³/mol. The normalized spacial score (nSPS) is 18.1. The van der Waals surface area contributed by atoms with Gasteiger partial charge in [0.2, 0.25) is 0 Å². The van der Waals surface area contributed by atoms with E-state index >= 15 is 0 Å². The van der Waals surface area contributed by atoms with E-state index in [1.165, 1.54) is 23.3 Å². The van der Waals surface area contributed by atoms with Crippen molar-refractivity contribution in [3.8, 4) is 5.75 Å². The van der Waals surface area contributed by atoms with Crippen LogP contribution in [-0.4, -0.2) is 11.7 Å². The molecule has 2 aromatic rings. The number of halogens is 1. The molecule has 0 saturated heterocycles. The number of rotatable bonds is 4. The van der Waals surface area contributed by atoms with Gasteiger partial charge in [0.25, 0.3) is 0 Å². The third-order valence-corrected chi connectivity index (χ3v) is 3.82. The quantitative estimate of drug-likeness (QED) is 0.921. The van der Waals surface area contributed by atoms with Crippen molar-refractivity contribution >= 4 is 0 Å². The van der Waals surface area contributed by atoms with E-state index in [0.29, 0.717) is 23.8 Å². The zero-order valence-corrected chi connectivity index (χ0v) is 11.3. The van der Waals surface area contributed by atoms with E-state index < -0.39 is 6.10 Å². The van der Waals surface area contributed by atoms with Crippen LogP contribution in [0.15, 0.2) is 42.5 Å². The lowest BCUT2D eigenvalue weighted by atomic mass is 9.78. The Hall–Kier alpha value is -1.87. The van der Waals surface area contributed by atoms with E-state index in [-0.39, 0.29) is 5.82 Å². The van der Waals surface area contributed by atoms with Crippen molar-refractivity contribution in [3.05, 3.63) is 65.0 Å². The zero-order valence-electron chi connectivity index (χ0n) is 11.3. The van der Waals surface area contributed by atoms with Gasteiger partial charge < -0.3 is 9.84 Å². The first-order valence-corrected chi connectivity index (χ1v) is 6.83. The van der Waals surface area contributed by atoms with Gasteiger partial charge in [0, 0.05) is 11.5 Å². The average Bonchev–Trinajstić information content (AvgIpc) is 2.41. The van der Waals surface area contributed by atoms with Crippen molar-refractivity contribution in [2.24, 2.45) is 0 Å². The van der Waals surface area contributed by atoms with Crippen molar-refractivity contribution in [2.45, 2.75) is 25.4 Å². The lowest BCUT2D eigenvalue weighted by molar-refractivity contribution is 0.188. The molecular formula is C17H17FO2. The summed E-state index contributed by atoms with van der Waals surface area (Å²) in [6.45, 7) is 2.17. The topological polar surface area (TPSA) is 29.5 Å². The molecule has 0 bridgehead atoms. The lowest BCUT2D eigenvalue weighted by Crippen LogP contribution is -2.23. The van der Waals surface area contributed by atoms with Crippen molar-refractivity contribution in [2.75, 3.05) is 6.61 Å². The Kier molecular flexibility index (Phi) is 3.45. The molecule has 1 unspecified atom stereocenters. The number of ether oxygens (including phenoxy) is 1. The fourth-order valence-electron chi connectivity index (χ4n) is 2.68. The van der Waals surface area contributed by atoms with E-state index in [1.54, 1.807) is 13.0 Å². The van der Waals surface area contributed by atoms with Crippen LogP contribution < -0.4 is 4.74 Å². The Labute approximate surface area is 117 Å². The highest BCUT2D eigenvalue weighted by molar-refractivity contribution is 5.41. The number of aliphatic hydroxyl groups excluding tert-OH is 1. The van der Waals surface area contributed by atoms with Crippen LogP contribution in [0.5, 0.6) is 5.75 Å². The summed E-state index contributed by atoms with van der Waals surface area (Å²) in [6.07, 6.45) is 0.274. The van der Waals surface area contributed by atoms with Gasteiger partial charge in [-0.3, -0.25) is 0 Å². The molecule has 2 aromatic carbocycles. The van der Waals surface area contributed by atoms with Crippen LogP contribution in [-0.2, 0) is 6.42 Å². The van der Waals surface area contributed by atoms with E-state index in [4.69, 9.17) is 4.74 Å². The first-order chi connectivity index (χ1) is 9.65. The number of aliphatic hydroxyl groups is 1. The van der Waals surface area contributed by atoms with Crippen LogP contribution in [0.1, 0.15) is 35.6 Å². The van der Waals surface area contributed by atoms with Crippen LogP contribution in [0, 0.1) is 5.82 Å². The lowest BCUT2D eigenvalue weighted by Gasteiger charge is -2.30. The average molecular weight is 272 g/mol. The van der Waals surface area contributed by atoms with E-state index in [0.717, 1.165) is 6.42 Å². The minimum atomic E-state index is -0.741. The Balaban J connectivity index is 1.71. The molecule has 1 aliphatic carbocycles. The summed E-state index contributed by atoms with van der Waals surface area (Å²) >= 11 is 0. The number of benzene rings is 2. The maximum Gasteiger partial charge on any atom is 0.125 e. The minimum Gasteiger partial charge on any atom is -0.493 e. The highest BCUT2D eigenvalue weighted by Crippen LogP contribution is 2.36. The molecule has 20 heavy (non-hydrogen) atoms. The van der Waals surface area contributed by atoms with Crippen LogP contribution in [0.25, 0.3) is 0 Å².